The molecule has 0 saturated carbocycles. The molecule has 0 radical (unpaired) electrons. The number of esters is 4. The summed E-state index contributed by atoms with van der Waals surface area (Å²) in [5.74, 6) is -2.92. The first-order valence-corrected chi connectivity index (χ1v) is 18.1. The van der Waals surface area contributed by atoms with Crippen molar-refractivity contribution in [1.82, 2.24) is 0 Å². The Morgan fingerprint density at radius 2 is 0.945 bits per heavy atom. The summed E-state index contributed by atoms with van der Waals surface area (Å²) in [6.45, 7) is 6.59. The Morgan fingerprint density at radius 3 is 1.42 bits per heavy atom. The average Bonchev–Trinajstić information content (AvgIpc) is 3.15. The van der Waals surface area contributed by atoms with E-state index in [0.29, 0.717) is 0 Å². The van der Waals surface area contributed by atoms with E-state index in [9.17, 15) is 19.2 Å². The molecule has 14 nitrogen and oxygen atoms in total. The van der Waals surface area contributed by atoms with Gasteiger partial charge in [-0.2, -0.15) is 0 Å². The maximum atomic E-state index is 12.6. The molecule has 2 fully saturated rings. The lowest BCUT2D eigenvalue weighted by Gasteiger charge is -2.49. The fourth-order valence-corrected chi connectivity index (χ4v) is 6.41. The second-order valence-electron chi connectivity index (χ2n) is 13.2. The first-order chi connectivity index (χ1) is 26.5. The molecule has 0 spiro atoms. The van der Waals surface area contributed by atoms with Crippen LogP contribution in [0.15, 0.2) is 91.0 Å². The maximum absolute atomic E-state index is 12.6. The Balaban J connectivity index is 1.53. The van der Waals surface area contributed by atoms with Gasteiger partial charge in [-0.25, -0.2) is 0 Å². The van der Waals surface area contributed by atoms with Crippen LogP contribution < -0.4 is 0 Å². The molecule has 5 rings (SSSR count). The highest BCUT2D eigenvalue weighted by Gasteiger charge is 2.56. The molecular weight excluding hydrogens is 716 g/mol. The highest BCUT2D eigenvalue weighted by atomic mass is 16.8. The van der Waals surface area contributed by atoms with E-state index in [1.165, 1.54) is 6.92 Å². The molecule has 3 aromatic carbocycles. The van der Waals surface area contributed by atoms with Gasteiger partial charge in [0.1, 0.15) is 31.0 Å². The van der Waals surface area contributed by atoms with E-state index in [2.05, 4.69) is 0 Å². The van der Waals surface area contributed by atoms with Crippen molar-refractivity contribution < 1.29 is 66.5 Å². The van der Waals surface area contributed by atoms with Crippen molar-refractivity contribution >= 4 is 23.9 Å². The molecule has 10 unspecified atom stereocenters. The van der Waals surface area contributed by atoms with E-state index >= 15 is 0 Å². The van der Waals surface area contributed by atoms with E-state index < -0.39 is 91.9 Å². The van der Waals surface area contributed by atoms with Crippen LogP contribution in [0, 0.1) is 0 Å². The minimum absolute atomic E-state index is 0.113. The lowest BCUT2D eigenvalue weighted by Crippen LogP contribution is -2.66. The predicted octanol–water partition coefficient (Wildman–Crippen LogP) is 4.59. The standard InChI is InChI=1S/C41H48O14/c1-25-34(47-21-30-15-9-6-10-16-30)36(48-22-31-17-11-7-12-18-31)38(49-23-32-19-13-8-14-20-32)40(50-25)55-39-37(52-28(4)44)35(51-27(3)43)33(24-46-26(2)42)54-41(39)53-29(5)45/h6-20,25,33-41H,21-24H2,1-5H3. The second-order valence-corrected chi connectivity index (χ2v) is 13.2. The summed E-state index contributed by atoms with van der Waals surface area (Å²) < 4.78 is 61.2. The molecule has 296 valence electrons. The third-order valence-corrected chi connectivity index (χ3v) is 8.80. The zero-order valence-electron chi connectivity index (χ0n) is 31.5. The number of ether oxygens (including phenoxy) is 10. The van der Waals surface area contributed by atoms with E-state index in [4.69, 9.17) is 47.4 Å². The summed E-state index contributed by atoms with van der Waals surface area (Å²) in [5, 5.41) is 0. The summed E-state index contributed by atoms with van der Waals surface area (Å²) in [6, 6.07) is 28.7. The van der Waals surface area contributed by atoms with Crippen LogP contribution in [0.2, 0.25) is 0 Å². The molecule has 0 amide bonds. The first kappa shape index (κ1) is 41.5. The lowest BCUT2D eigenvalue weighted by atomic mass is 9.96. The molecule has 2 aliphatic rings. The highest BCUT2D eigenvalue weighted by molar-refractivity contribution is 5.68. The van der Waals surface area contributed by atoms with Crippen LogP contribution in [0.1, 0.15) is 51.3 Å². The van der Waals surface area contributed by atoms with E-state index in [1.54, 1.807) is 6.92 Å². The lowest BCUT2D eigenvalue weighted by molar-refractivity contribution is -0.370. The SMILES string of the molecule is CC(=O)OCC1OC(OC(C)=O)C(OC2OC(C)C(OCc3ccccc3)C(OCc3ccccc3)C2OCc2ccccc2)C(OC(C)=O)C1OC(C)=O. The highest BCUT2D eigenvalue weighted by Crippen LogP contribution is 2.36. The fraction of sp³-hybridized carbons (Fsp3) is 0.463. The smallest absolute Gasteiger partial charge is 0.305 e. The molecule has 0 N–H and O–H groups in total. The van der Waals surface area contributed by atoms with Crippen molar-refractivity contribution in [3.63, 3.8) is 0 Å². The number of hydrogen-bond acceptors (Lipinski definition) is 14. The van der Waals surface area contributed by atoms with Gasteiger partial charge in [0.25, 0.3) is 0 Å². The van der Waals surface area contributed by atoms with E-state index in [1.807, 2.05) is 91.0 Å². The first-order valence-electron chi connectivity index (χ1n) is 18.1. The van der Waals surface area contributed by atoms with Crippen molar-refractivity contribution in [3.8, 4) is 0 Å². The van der Waals surface area contributed by atoms with Gasteiger partial charge in [-0.3, -0.25) is 19.2 Å². The third kappa shape index (κ3) is 12.1. The summed E-state index contributed by atoms with van der Waals surface area (Å²) >= 11 is 0. The molecule has 3 aromatic rings. The number of carbonyl (C=O) groups is 4. The van der Waals surface area contributed by atoms with Gasteiger partial charge in [0, 0.05) is 27.7 Å². The Bertz CT molecular complexity index is 1670. The number of benzene rings is 3. The van der Waals surface area contributed by atoms with Crippen LogP contribution in [-0.2, 0) is 86.4 Å². The van der Waals surface area contributed by atoms with Gasteiger partial charge in [-0.05, 0) is 23.6 Å². The molecule has 2 heterocycles. The molecule has 2 aliphatic heterocycles. The largest absolute Gasteiger partial charge is 0.463 e. The molecule has 0 bridgehead atoms. The second kappa shape index (κ2) is 20.3. The van der Waals surface area contributed by atoms with Gasteiger partial charge in [0.2, 0.25) is 6.29 Å². The predicted molar refractivity (Wildman–Crippen MR) is 192 cm³/mol. The van der Waals surface area contributed by atoms with Gasteiger partial charge < -0.3 is 47.4 Å². The third-order valence-electron chi connectivity index (χ3n) is 8.80. The Hall–Kier alpha value is -4.70. The van der Waals surface area contributed by atoms with Crippen molar-refractivity contribution in [2.24, 2.45) is 0 Å². The zero-order valence-corrected chi connectivity index (χ0v) is 31.5. The minimum Gasteiger partial charge on any atom is -0.463 e. The summed E-state index contributed by atoms with van der Waals surface area (Å²) in [6.07, 6.45) is -11.5. The van der Waals surface area contributed by atoms with Gasteiger partial charge in [-0.15, -0.1) is 0 Å². The minimum atomic E-state index is -1.56. The average molecular weight is 765 g/mol. The molecule has 14 heteroatoms. The van der Waals surface area contributed by atoms with E-state index in [-0.39, 0.29) is 19.8 Å². The van der Waals surface area contributed by atoms with Crippen molar-refractivity contribution in [3.05, 3.63) is 108 Å². The normalized spacial score (nSPS) is 27.7. The topological polar surface area (TPSA) is 161 Å². The van der Waals surface area contributed by atoms with Gasteiger partial charge in [-0.1, -0.05) is 91.0 Å². The monoisotopic (exact) mass is 764 g/mol. The maximum Gasteiger partial charge on any atom is 0.305 e. The fourth-order valence-electron chi connectivity index (χ4n) is 6.41. The van der Waals surface area contributed by atoms with Crippen molar-refractivity contribution in [1.29, 1.82) is 0 Å². The molecule has 55 heavy (non-hydrogen) atoms. The Morgan fingerprint density at radius 1 is 0.491 bits per heavy atom. The van der Waals surface area contributed by atoms with E-state index in [0.717, 1.165) is 37.5 Å². The summed E-state index contributed by atoms with van der Waals surface area (Å²) in [4.78, 5) is 49.3. The van der Waals surface area contributed by atoms with Gasteiger partial charge >= 0.3 is 23.9 Å². The van der Waals surface area contributed by atoms with Crippen LogP contribution in [0.3, 0.4) is 0 Å². The molecular formula is C41H48O14. The van der Waals surface area contributed by atoms with Gasteiger partial charge in [0.15, 0.2) is 24.6 Å². The van der Waals surface area contributed by atoms with Crippen molar-refractivity contribution in [2.45, 2.75) is 116 Å². The quantitative estimate of drug-likeness (QED) is 0.147. The molecule has 10 atom stereocenters. The van der Waals surface area contributed by atoms with Crippen LogP contribution in [-0.4, -0.2) is 91.9 Å². The van der Waals surface area contributed by atoms with Crippen molar-refractivity contribution in [2.75, 3.05) is 6.61 Å². The molecule has 2 saturated heterocycles. The summed E-state index contributed by atoms with van der Waals surface area (Å²) in [7, 11) is 0. The number of rotatable bonds is 16. The molecule has 0 aromatic heterocycles. The summed E-state index contributed by atoms with van der Waals surface area (Å²) in [5.41, 5.74) is 2.68. The number of hydrogen-bond donors (Lipinski definition) is 0. The van der Waals surface area contributed by atoms with Crippen LogP contribution in [0.4, 0.5) is 0 Å². The number of carbonyl (C=O) groups excluding carboxylic acids is 4. The van der Waals surface area contributed by atoms with Gasteiger partial charge in [0.05, 0.1) is 25.9 Å². The zero-order chi connectivity index (χ0) is 39.3. The molecule has 0 aliphatic carbocycles. The van der Waals surface area contributed by atoms with Crippen LogP contribution >= 0.6 is 0 Å². The Labute approximate surface area is 320 Å². The Kier molecular flexibility index (Phi) is 15.3. The van der Waals surface area contributed by atoms with Crippen LogP contribution in [0.25, 0.3) is 0 Å². The van der Waals surface area contributed by atoms with Crippen LogP contribution in [0.5, 0.6) is 0 Å².